The van der Waals surface area contributed by atoms with Gasteiger partial charge in [-0.3, -0.25) is 4.79 Å². The Hall–Kier alpha value is -2.41. The second-order valence-electron chi connectivity index (χ2n) is 8.47. The fourth-order valence-electron chi connectivity index (χ4n) is 2.65. The molecule has 1 unspecified atom stereocenters. The summed E-state index contributed by atoms with van der Waals surface area (Å²) in [6.45, 7) is 8.85. The van der Waals surface area contributed by atoms with Gasteiger partial charge < -0.3 is 26.6 Å². The van der Waals surface area contributed by atoms with Crippen LogP contribution in [0.15, 0.2) is 54.6 Å². The normalized spacial score (nSPS) is 12.1. The second kappa shape index (κ2) is 13.0. The van der Waals surface area contributed by atoms with Crippen molar-refractivity contribution < 1.29 is 14.6 Å². The highest BCUT2D eigenvalue weighted by Crippen LogP contribution is 2.13. The molecule has 0 bridgehead atoms. The van der Waals surface area contributed by atoms with Crippen LogP contribution in [0.25, 0.3) is 0 Å². The quantitative estimate of drug-likeness (QED) is 0.476. The fraction of sp³-hybridized carbons (Fsp3) is 0.458. The average Bonchev–Trinajstić information content (AvgIpc) is 2.65. The number of hydrogen-bond acceptors (Lipinski definition) is 5. The van der Waals surface area contributed by atoms with Crippen LogP contribution in [0.2, 0.25) is 0 Å². The lowest BCUT2D eigenvalue weighted by molar-refractivity contribution is -0.117. The summed E-state index contributed by atoms with van der Waals surface area (Å²) in [6, 6.07) is 17.8. The number of hydrogen-bond donors (Lipinski definition) is 4. The first kappa shape index (κ1) is 25.6. The number of benzene rings is 2. The van der Waals surface area contributed by atoms with E-state index >= 15 is 0 Å². The first-order chi connectivity index (χ1) is 14.0. The van der Waals surface area contributed by atoms with Crippen molar-refractivity contribution in [2.45, 2.75) is 58.2 Å². The van der Waals surface area contributed by atoms with Gasteiger partial charge >= 0.3 is 0 Å². The molecular formula is C24H37N3O3. The number of ether oxygens (including phenoxy) is 1. The van der Waals surface area contributed by atoms with Gasteiger partial charge in [-0.15, -0.1) is 0 Å². The molecule has 0 fully saturated rings. The van der Waals surface area contributed by atoms with Gasteiger partial charge in [0.2, 0.25) is 5.91 Å². The van der Waals surface area contributed by atoms with Gasteiger partial charge in [-0.05, 0) is 43.5 Å². The Morgan fingerprint density at radius 1 is 1.07 bits per heavy atom. The Balaban J connectivity index is 0.000000346. The summed E-state index contributed by atoms with van der Waals surface area (Å²) in [4.78, 5) is 10.7. The van der Waals surface area contributed by atoms with Crippen LogP contribution in [0.3, 0.4) is 0 Å². The second-order valence-corrected chi connectivity index (χ2v) is 8.47. The first-order valence-electron chi connectivity index (χ1n) is 10.3. The Morgan fingerprint density at radius 3 is 2.17 bits per heavy atom. The predicted octanol–water partition coefficient (Wildman–Crippen LogP) is 2.42. The van der Waals surface area contributed by atoms with Crippen molar-refractivity contribution in [3.8, 4) is 5.75 Å². The third-order valence-electron chi connectivity index (χ3n) is 4.01. The molecule has 0 aromatic heterocycles. The zero-order chi connectivity index (χ0) is 22.6. The lowest BCUT2D eigenvalue weighted by atomic mass is 9.96. The van der Waals surface area contributed by atoms with E-state index in [1.165, 1.54) is 5.56 Å². The standard InChI is InChI=1S/C14H22N2O3.C10H15N/c1-10(2)16-8-12(17)9-19-13-5-3-11(4-6-13)7-14(15)18;1-10(2,11)8-9-6-4-3-5-7-9/h3-6,10,12,16-17H,7-9H2,1-2H3,(H2,15,18);3-7H,8,11H2,1-2H3. The van der Waals surface area contributed by atoms with E-state index < -0.39 is 6.10 Å². The van der Waals surface area contributed by atoms with E-state index in [-0.39, 0.29) is 24.5 Å². The highest BCUT2D eigenvalue weighted by atomic mass is 16.5. The molecule has 0 radical (unpaired) electrons. The van der Waals surface area contributed by atoms with Crippen LogP contribution >= 0.6 is 0 Å². The van der Waals surface area contributed by atoms with Gasteiger partial charge in [0.15, 0.2) is 0 Å². The highest BCUT2D eigenvalue weighted by Gasteiger charge is 2.10. The lowest BCUT2D eigenvalue weighted by Crippen LogP contribution is -2.35. The smallest absolute Gasteiger partial charge is 0.221 e. The van der Waals surface area contributed by atoms with Gasteiger partial charge in [0.1, 0.15) is 18.5 Å². The lowest BCUT2D eigenvalue weighted by Gasteiger charge is -2.17. The molecule has 6 heteroatoms. The Bertz CT molecular complexity index is 726. The fourth-order valence-corrected chi connectivity index (χ4v) is 2.65. The van der Waals surface area contributed by atoms with Crippen LogP contribution in [0.4, 0.5) is 0 Å². The van der Waals surface area contributed by atoms with Crippen LogP contribution in [0.1, 0.15) is 38.8 Å². The van der Waals surface area contributed by atoms with Crippen molar-refractivity contribution in [3.63, 3.8) is 0 Å². The van der Waals surface area contributed by atoms with Crippen LogP contribution in [-0.4, -0.2) is 41.9 Å². The number of aliphatic hydroxyl groups is 1. The van der Waals surface area contributed by atoms with E-state index in [4.69, 9.17) is 16.2 Å². The molecule has 166 valence electrons. The van der Waals surface area contributed by atoms with Gasteiger partial charge in [0, 0.05) is 18.1 Å². The number of amides is 1. The minimum Gasteiger partial charge on any atom is -0.491 e. The number of carbonyl (C=O) groups is 1. The number of rotatable bonds is 10. The molecule has 2 aromatic carbocycles. The summed E-state index contributed by atoms with van der Waals surface area (Å²) in [7, 11) is 0. The first-order valence-corrected chi connectivity index (χ1v) is 10.3. The van der Waals surface area contributed by atoms with Crippen molar-refractivity contribution >= 4 is 5.91 Å². The molecule has 1 atom stereocenters. The molecule has 2 rings (SSSR count). The maximum Gasteiger partial charge on any atom is 0.221 e. The van der Waals surface area contributed by atoms with Gasteiger partial charge in [-0.1, -0.05) is 56.3 Å². The summed E-state index contributed by atoms with van der Waals surface area (Å²) in [5.74, 6) is 0.306. The van der Waals surface area contributed by atoms with Gasteiger partial charge in [0.05, 0.1) is 6.42 Å². The number of nitrogens with one attached hydrogen (secondary N) is 1. The minimum atomic E-state index is -0.548. The third-order valence-corrected chi connectivity index (χ3v) is 4.01. The van der Waals surface area contributed by atoms with Crippen LogP contribution in [0.5, 0.6) is 5.75 Å². The Kier molecular flexibility index (Phi) is 11.1. The molecule has 30 heavy (non-hydrogen) atoms. The predicted molar refractivity (Wildman–Crippen MR) is 122 cm³/mol. The summed E-state index contributed by atoms with van der Waals surface area (Å²) in [6.07, 6.45) is 0.613. The van der Waals surface area contributed by atoms with Crippen molar-refractivity contribution in [2.75, 3.05) is 13.2 Å². The topological polar surface area (TPSA) is 111 Å². The average molecular weight is 416 g/mol. The Morgan fingerprint density at radius 2 is 1.67 bits per heavy atom. The van der Waals surface area contributed by atoms with Gasteiger partial charge in [-0.25, -0.2) is 0 Å². The third kappa shape index (κ3) is 12.9. The van der Waals surface area contributed by atoms with E-state index in [1.807, 2.05) is 45.9 Å². The molecule has 0 aliphatic heterocycles. The summed E-state index contributed by atoms with van der Waals surface area (Å²) >= 11 is 0. The van der Waals surface area contributed by atoms with Crippen molar-refractivity contribution in [3.05, 3.63) is 65.7 Å². The SMILES string of the molecule is CC(C)(N)Cc1ccccc1.CC(C)NCC(O)COc1ccc(CC(N)=O)cc1. The number of nitrogens with two attached hydrogens (primary N) is 2. The van der Waals surface area contributed by atoms with E-state index in [0.29, 0.717) is 18.3 Å². The van der Waals surface area contributed by atoms with E-state index in [2.05, 4.69) is 17.4 Å². The number of aliphatic hydroxyl groups excluding tert-OH is 1. The number of primary amides is 1. The summed E-state index contributed by atoms with van der Waals surface area (Å²) in [5, 5.41) is 12.8. The van der Waals surface area contributed by atoms with E-state index in [1.54, 1.807) is 24.3 Å². The van der Waals surface area contributed by atoms with Crippen LogP contribution in [0, 0.1) is 0 Å². The molecule has 2 aromatic rings. The Labute approximate surface area is 180 Å². The van der Waals surface area contributed by atoms with Gasteiger partial charge in [-0.2, -0.15) is 0 Å². The summed E-state index contributed by atoms with van der Waals surface area (Å²) < 4.78 is 5.45. The molecule has 0 spiro atoms. The molecule has 0 heterocycles. The zero-order valence-corrected chi connectivity index (χ0v) is 18.6. The van der Waals surface area contributed by atoms with E-state index in [0.717, 1.165) is 12.0 Å². The molecular weight excluding hydrogens is 378 g/mol. The maximum atomic E-state index is 10.7. The van der Waals surface area contributed by atoms with Crippen molar-refractivity contribution in [1.82, 2.24) is 5.32 Å². The summed E-state index contributed by atoms with van der Waals surface area (Å²) in [5.41, 5.74) is 13.0. The highest BCUT2D eigenvalue weighted by molar-refractivity contribution is 5.76. The van der Waals surface area contributed by atoms with E-state index in [9.17, 15) is 9.90 Å². The number of carbonyl (C=O) groups excluding carboxylic acids is 1. The molecule has 0 saturated carbocycles. The molecule has 0 aliphatic rings. The molecule has 1 amide bonds. The maximum absolute atomic E-state index is 10.7. The van der Waals surface area contributed by atoms with Crippen molar-refractivity contribution in [2.24, 2.45) is 11.5 Å². The van der Waals surface area contributed by atoms with Crippen molar-refractivity contribution in [1.29, 1.82) is 0 Å². The molecule has 0 saturated heterocycles. The molecule has 0 aliphatic carbocycles. The minimum absolute atomic E-state index is 0.0959. The van der Waals surface area contributed by atoms with Crippen LogP contribution < -0.4 is 21.5 Å². The largest absolute Gasteiger partial charge is 0.491 e. The molecule has 6 N–H and O–H groups in total. The zero-order valence-electron chi connectivity index (χ0n) is 18.6. The van der Waals surface area contributed by atoms with Gasteiger partial charge in [0.25, 0.3) is 0 Å². The molecule has 6 nitrogen and oxygen atoms in total. The monoisotopic (exact) mass is 415 g/mol. The van der Waals surface area contributed by atoms with Crippen LogP contribution in [-0.2, 0) is 17.6 Å².